The van der Waals surface area contributed by atoms with Gasteiger partial charge in [0.25, 0.3) is 0 Å². The number of allylic oxidation sites excluding steroid dienone is 1. The first-order valence-corrected chi connectivity index (χ1v) is 11.3. The van der Waals surface area contributed by atoms with Gasteiger partial charge in [0, 0.05) is 42.3 Å². The summed E-state index contributed by atoms with van der Waals surface area (Å²) >= 11 is 0. The molecule has 34 heavy (non-hydrogen) atoms. The van der Waals surface area contributed by atoms with Gasteiger partial charge in [0.05, 0.1) is 5.39 Å². The number of benzene rings is 1. The van der Waals surface area contributed by atoms with Gasteiger partial charge in [-0.25, -0.2) is 0 Å². The highest BCUT2D eigenvalue weighted by atomic mass is 16.5. The number of hydrogen-bond donors (Lipinski definition) is 2. The summed E-state index contributed by atoms with van der Waals surface area (Å²) < 4.78 is 12.3. The number of nitrogens with zero attached hydrogens (tertiary/aromatic N) is 3. The van der Waals surface area contributed by atoms with Crippen LogP contribution >= 0.6 is 0 Å². The van der Waals surface area contributed by atoms with E-state index in [4.69, 9.17) is 9.47 Å². The molecule has 0 atom stereocenters. The molecule has 0 unspecified atom stereocenters. The first kappa shape index (κ1) is 21.7. The van der Waals surface area contributed by atoms with E-state index < -0.39 is 0 Å². The fourth-order valence-corrected chi connectivity index (χ4v) is 4.17. The van der Waals surface area contributed by atoms with Crippen molar-refractivity contribution in [3.63, 3.8) is 0 Å². The van der Waals surface area contributed by atoms with Crippen LogP contribution in [0, 0.1) is 0 Å². The molecule has 2 N–H and O–H groups in total. The number of aromatic amines is 1. The molecular formula is C27H27N5O2. The molecule has 7 nitrogen and oxygen atoms in total. The second kappa shape index (κ2) is 9.02. The Bertz CT molecular complexity index is 1400. The van der Waals surface area contributed by atoms with Crippen molar-refractivity contribution in [1.29, 1.82) is 0 Å². The Labute approximate surface area is 198 Å². The van der Waals surface area contributed by atoms with E-state index in [1.54, 1.807) is 25.5 Å². The van der Waals surface area contributed by atoms with Crippen molar-refractivity contribution < 1.29 is 9.47 Å². The molecule has 4 aromatic rings. The summed E-state index contributed by atoms with van der Waals surface area (Å²) in [5.74, 6) is 2.05. The molecule has 3 aromatic heterocycles. The normalized spacial score (nSPS) is 14.9. The fraction of sp³-hybridized carbons (Fsp3) is 0.222. The minimum Gasteiger partial charge on any atom is -0.489 e. The standard InChI is InChI=1S/C27H27N5O2/c1-5-21-10-20-9-19(6-7-22(20)16(2)3)23-13-30-25-24(23)26(32-27(28-4)31-25)34-15-18-8-17(14-33-21)11-29-12-18/h5-13,16H,1,14-15H2,2-4H3,(H2,28,30,31,32)/b21-10+. The molecule has 1 aliphatic rings. The average Bonchev–Trinajstić information content (AvgIpc) is 3.28. The highest BCUT2D eigenvalue weighted by molar-refractivity contribution is 5.98. The minimum absolute atomic E-state index is 0.322. The smallest absolute Gasteiger partial charge is 0.228 e. The Morgan fingerprint density at radius 1 is 1.09 bits per heavy atom. The average molecular weight is 454 g/mol. The lowest BCUT2D eigenvalue weighted by molar-refractivity contribution is 0.213. The molecule has 1 aliphatic heterocycles. The van der Waals surface area contributed by atoms with Gasteiger partial charge in [0.2, 0.25) is 11.8 Å². The molecule has 0 amide bonds. The van der Waals surface area contributed by atoms with Gasteiger partial charge in [-0.2, -0.15) is 9.97 Å². The molecule has 4 heterocycles. The van der Waals surface area contributed by atoms with Crippen molar-refractivity contribution in [2.75, 3.05) is 12.4 Å². The zero-order valence-corrected chi connectivity index (χ0v) is 19.6. The first-order valence-electron chi connectivity index (χ1n) is 11.3. The minimum atomic E-state index is 0.322. The number of H-pyrrole nitrogens is 1. The van der Waals surface area contributed by atoms with Gasteiger partial charge in [0.15, 0.2) is 0 Å². The highest BCUT2D eigenvalue weighted by Gasteiger charge is 2.18. The van der Waals surface area contributed by atoms with Crippen molar-refractivity contribution >= 4 is 23.1 Å². The van der Waals surface area contributed by atoms with Crippen molar-refractivity contribution in [3.05, 3.63) is 83.5 Å². The number of ether oxygens (including phenoxy) is 2. The van der Waals surface area contributed by atoms with Crippen LogP contribution in [0.15, 0.2) is 61.3 Å². The van der Waals surface area contributed by atoms with Crippen molar-refractivity contribution in [2.45, 2.75) is 33.0 Å². The monoisotopic (exact) mass is 453 g/mol. The van der Waals surface area contributed by atoms with Gasteiger partial charge in [-0.3, -0.25) is 4.98 Å². The van der Waals surface area contributed by atoms with Gasteiger partial charge in [0.1, 0.15) is 24.6 Å². The number of nitrogens with one attached hydrogen (secondary N) is 2. The summed E-state index contributed by atoms with van der Waals surface area (Å²) in [6, 6.07) is 8.49. The fourth-order valence-electron chi connectivity index (χ4n) is 4.17. The Kier molecular flexibility index (Phi) is 5.76. The van der Waals surface area contributed by atoms with Crippen LogP contribution in [0.3, 0.4) is 0 Å². The SMILES string of the molecule is C=C/C1=C\c2cc(ccc2C(C)C)-c2c[nH]c3nc(NC)nc(c23)OCc2cncc(c2)CO1. The second-order valence-electron chi connectivity index (χ2n) is 8.56. The van der Waals surface area contributed by atoms with E-state index in [0.29, 0.717) is 42.4 Å². The molecule has 0 saturated heterocycles. The molecule has 7 heteroatoms. The first-order chi connectivity index (χ1) is 16.6. The molecule has 0 spiro atoms. The van der Waals surface area contributed by atoms with Crippen LogP contribution in [0.25, 0.3) is 28.2 Å². The molecule has 0 aliphatic carbocycles. The Balaban J connectivity index is 1.76. The lowest BCUT2D eigenvalue weighted by atomic mass is 9.93. The number of aromatic nitrogens is 4. The summed E-state index contributed by atoms with van der Waals surface area (Å²) in [6.07, 6.45) is 9.33. The maximum absolute atomic E-state index is 6.23. The van der Waals surface area contributed by atoms with E-state index in [1.807, 2.05) is 18.3 Å². The van der Waals surface area contributed by atoms with Crippen molar-refractivity contribution in [3.8, 4) is 17.0 Å². The topological polar surface area (TPSA) is 85.0 Å². The lowest BCUT2D eigenvalue weighted by Gasteiger charge is -2.14. The molecule has 0 fully saturated rings. The van der Waals surface area contributed by atoms with Crippen LogP contribution in [-0.2, 0) is 18.0 Å². The maximum atomic E-state index is 6.23. The van der Waals surface area contributed by atoms with E-state index >= 15 is 0 Å². The van der Waals surface area contributed by atoms with Crippen molar-refractivity contribution in [2.24, 2.45) is 0 Å². The third-order valence-corrected chi connectivity index (χ3v) is 5.87. The van der Waals surface area contributed by atoms with Gasteiger partial charge < -0.3 is 19.8 Å². The zero-order valence-electron chi connectivity index (χ0n) is 19.6. The van der Waals surface area contributed by atoms with Crippen LogP contribution < -0.4 is 10.1 Å². The van der Waals surface area contributed by atoms with Crippen molar-refractivity contribution in [1.82, 2.24) is 19.9 Å². The Hall–Kier alpha value is -4.13. The highest BCUT2D eigenvalue weighted by Crippen LogP contribution is 2.37. The predicted octanol–water partition coefficient (Wildman–Crippen LogP) is 5.82. The van der Waals surface area contributed by atoms with E-state index in [9.17, 15) is 0 Å². The van der Waals surface area contributed by atoms with E-state index in [2.05, 4.69) is 63.9 Å². The summed E-state index contributed by atoms with van der Waals surface area (Å²) in [5.41, 5.74) is 6.90. The van der Waals surface area contributed by atoms with Gasteiger partial charge in [-0.15, -0.1) is 0 Å². The quantitative estimate of drug-likeness (QED) is 0.407. The Morgan fingerprint density at radius 2 is 1.88 bits per heavy atom. The zero-order chi connectivity index (χ0) is 23.7. The van der Waals surface area contributed by atoms with Crippen LogP contribution in [0.1, 0.15) is 42.0 Å². The van der Waals surface area contributed by atoms with E-state index in [-0.39, 0.29) is 0 Å². The van der Waals surface area contributed by atoms with Gasteiger partial charge in [-0.05, 0) is 46.9 Å². The molecule has 1 aromatic carbocycles. The number of fused-ring (bicyclic) bond motifs is 5. The van der Waals surface area contributed by atoms with E-state index in [0.717, 1.165) is 33.2 Å². The lowest BCUT2D eigenvalue weighted by Crippen LogP contribution is -2.03. The maximum Gasteiger partial charge on any atom is 0.228 e. The number of hydrogen-bond acceptors (Lipinski definition) is 6. The largest absolute Gasteiger partial charge is 0.489 e. The molecule has 172 valence electrons. The summed E-state index contributed by atoms with van der Waals surface area (Å²) in [6.45, 7) is 9.04. The van der Waals surface area contributed by atoms with Gasteiger partial charge in [-0.1, -0.05) is 32.6 Å². The van der Waals surface area contributed by atoms with Crippen LogP contribution in [0.4, 0.5) is 5.95 Å². The number of rotatable bonds is 3. The second-order valence-corrected chi connectivity index (χ2v) is 8.56. The molecule has 0 saturated carbocycles. The van der Waals surface area contributed by atoms with Crippen LogP contribution in [0.5, 0.6) is 5.88 Å². The van der Waals surface area contributed by atoms with E-state index in [1.165, 1.54) is 5.56 Å². The van der Waals surface area contributed by atoms with Crippen LogP contribution in [0.2, 0.25) is 0 Å². The van der Waals surface area contributed by atoms with Crippen LogP contribution in [-0.4, -0.2) is 27.0 Å². The molecule has 4 bridgehead atoms. The Morgan fingerprint density at radius 3 is 2.62 bits per heavy atom. The molecule has 5 rings (SSSR count). The third kappa shape index (κ3) is 4.12. The third-order valence-electron chi connectivity index (χ3n) is 5.87. The number of pyridine rings is 1. The predicted molar refractivity (Wildman–Crippen MR) is 134 cm³/mol. The number of anilines is 1. The molecular weight excluding hydrogens is 426 g/mol. The summed E-state index contributed by atoms with van der Waals surface area (Å²) in [7, 11) is 1.79. The summed E-state index contributed by atoms with van der Waals surface area (Å²) in [4.78, 5) is 16.9. The van der Waals surface area contributed by atoms with Gasteiger partial charge >= 0.3 is 0 Å². The molecule has 0 radical (unpaired) electrons. The summed E-state index contributed by atoms with van der Waals surface area (Å²) in [5, 5.41) is 3.85.